The van der Waals surface area contributed by atoms with Crippen LogP contribution in [0.2, 0.25) is 5.02 Å². The fourth-order valence-corrected chi connectivity index (χ4v) is 2.10. The molecule has 1 atom stereocenters. The molecule has 0 spiro atoms. The van der Waals surface area contributed by atoms with Crippen LogP contribution in [-0.2, 0) is 0 Å². The lowest BCUT2D eigenvalue weighted by molar-refractivity contribution is -0.167. The standard InChI is InChI=1S/C12H12ClF4N/c1-7(8-2-3-10(14)9(13)6-8)18-11(4-5-11)12(15,16)17/h2-3,6-7,18H,4-5H2,1H3. The van der Waals surface area contributed by atoms with E-state index in [0.29, 0.717) is 5.56 Å². The highest BCUT2D eigenvalue weighted by atomic mass is 35.5. The maximum atomic E-state index is 13.0. The van der Waals surface area contributed by atoms with Crippen LogP contribution in [0.5, 0.6) is 0 Å². The van der Waals surface area contributed by atoms with Crippen LogP contribution >= 0.6 is 11.6 Å². The van der Waals surface area contributed by atoms with Gasteiger partial charge >= 0.3 is 6.18 Å². The Morgan fingerprint density at radius 3 is 2.39 bits per heavy atom. The first-order valence-corrected chi connectivity index (χ1v) is 5.92. The van der Waals surface area contributed by atoms with Gasteiger partial charge in [0.15, 0.2) is 0 Å². The average Bonchev–Trinajstić information content (AvgIpc) is 3.02. The van der Waals surface area contributed by atoms with E-state index < -0.39 is 23.6 Å². The maximum absolute atomic E-state index is 13.0. The fraction of sp³-hybridized carbons (Fsp3) is 0.500. The molecule has 1 nitrogen and oxygen atoms in total. The Morgan fingerprint density at radius 1 is 1.33 bits per heavy atom. The Balaban J connectivity index is 2.13. The number of nitrogens with one attached hydrogen (secondary N) is 1. The van der Waals surface area contributed by atoms with E-state index in [1.54, 1.807) is 6.92 Å². The summed E-state index contributed by atoms with van der Waals surface area (Å²) in [6, 6.07) is 3.40. The lowest BCUT2D eigenvalue weighted by atomic mass is 10.1. The van der Waals surface area contributed by atoms with Gasteiger partial charge in [0.1, 0.15) is 11.4 Å². The Morgan fingerprint density at radius 2 is 1.94 bits per heavy atom. The van der Waals surface area contributed by atoms with E-state index in [2.05, 4.69) is 5.32 Å². The molecule has 6 heteroatoms. The topological polar surface area (TPSA) is 12.0 Å². The second kappa shape index (κ2) is 4.38. The van der Waals surface area contributed by atoms with Gasteiger partial charge in [-0.15, -0.1) is 0 Å². The lowest BCUT2D eigenvalue weighted by Gasteiger charge is -2.25. The van der Waals surface area contributed by atoms with E-state index in [9.17, 15) is 17.6 Å². The number of hydrogen-bond acceptors (Lipinski definition) is 1. The van der Waals surface area contributed by atoms with Crippen LogP contribution in [0.25, 0.3) is 0 Å². The van der Waals surface area contributed by atoms with Crippen LogP contribution in [0.15, 0.2) is 18.2 Å². The molecule has 0 aromatic heterocycles. The molecule has 1 aromatic rings. The van der Waals surface area contributed by atoms with Crippen molar-refractivity contribution in [1.82, 2.24) is 5.32 Å². The summed E-state index contributed by atoms with van der Waals surface area (Å²) in [4.78, 5) is 0. The minimum atomic E-state index is -4.26. The van der Waals surface area contributed by atoms with Crippen LogP contribution in [0.1, 0.15) is 31.4 Å². The first-order chi connectivity index (χ1) is 8.25. The minimum absolute atomic E-state index is 0.0791. The zero-order valence-electron chi connectivity index (χ0n) is 9.61. The molecule has 1 unspecified atom stereocenters. The molecule has 1 aliphatic carbocycles. The van der Waals surface area contributed by atoms with E-state index in [0.717, 1.165) is 6.07 Å². The Labute approximate surface area is 107 Å². The van der Waals surface area contributed by atoms with Crippen LogP contribution < -0.4 is 5.32 Å². The smallest absolute Gasteiger partial charge is 0.297 e. The van der Waals surface area contributed by atoms with Gasteiger partial charge in [0.25, 0.3) is 0 Å². The Kier molecular flexibility index (Phi) is 3.32. The minimum Gasteiger partial charge on any atom is -0.297 e. The molecular weight excluding hydrogens is 270 g/mol. The lowest BCUT2D eigenvalue weighted by Crippen LogP contribution is -2.45. The first-order valence-electron chi connectivity index (χ1n) is 5.54. The van der Waals surface area contributed by atoms with Crippen LogP contribution in [0, 0.1) is 5.82 Å². The van der Waals surface area contributed by atoms with Crippen LogP contribution in [0.3, 0.4) is 0 Å². The molecule has 1 aromatic carbocycles. The molecule has 1 saturated carbocycles. The Bertz CT molecular complexity index is 454. The molecule has 100 valence electrons. The number of alkyl halides is 3. The molecule has 0 saturated heterocycles. The van der Waals surface area contributed by atoms with Gasteiger partial charge in [-0.25, -0.2) is 4.39 Å². The largest absolute Gasteiger partial charge is 0.406 e. The van der Waals surface area contributed by atoms with Crippen molar-refractivity contribution in [3.63, 3.8) is 0 Å². The summed E-state index contributed by atoms with van der Waals surface area (Å²) in [6.07, 6.45) is -4.10. The van der Waals surface area contributed by atoms with Crippen molar-refractivity contribution in [2.24, 2.45) is 0 Å². The van der Waals surface area contributed by atoms with E-state index in [1.165, 1.54) is 12.1 Å². The van der Waals surface area contributed by atoms with Gasteiger partial charge in [0.05, 0.1) is 5.02 Å². The van der Waals surface area contributed by atoms with E-state index >= 15 is 0 Å². The third-order valence-corrected chi connectivity index (χ3v) is 3.52. The van der Waals surface area contributed by atoms with Gasteiger partial charge in [-0.2, -0.15) is 13.2 Å². The third kappa shape index (κ3) is 2.47. The molecule has 0 heterocycles. The second-order valence-corrected chi connectivity index (χ2v) is 5.03. The van der Waals surface area contributed by atoms with Crippen molar-refractivity contribution >= 4 is 11.6 Å². The monoisotopic (exact) mass is 281 g/mol. The predicted molar refractivity (Wildman–Crippen MR) is 61.0 cm³/mol. The molecule has 18 heavy (non-hydrogen) atoms. The van der Waals surface area contributed by atoms with E-state index in [-0.39, 0.29) is 17.9 Å². The summed E-state index contributed by atoms with van der Waals surface area (Å²) in [7, 11) is 0. The van der Waals surface area contributed by atoms with Crippen molar-refractivity contribution in [2.75, 3.05) is 0 Å². The average molecular weight is 282 g/mol. The molecule has 0 radical (unpaired) electrons. The number of rotatable bonds is 3. The van der Waals surface area contributed by atoms with Gasteiger partial charge in [0, 0.05) is 6.04 Å². The van der Waals surface area contributed by atoms with Crippen molar-refractivity contribution < 1.29 is 17.6 Å². The van der Waals surface area contributed by atoms with Crippen molar-refractivity contribution in [3.8, 4) is 0 Å². The summed E-state index contributed by atoms with van der Waals surface area (Å²) in [5.74, 6) is -0.579. The summed E-state index contributed by atoms with van der Waals surface area (Å²) in [5, 5.41) is 2.48. The predicted octanol–water partition coefficient (Wildman–Crippen LogP) is 4.22. The van der Waals surface area contributed by atoms with Gasteiger partial charge < -0.3 is 0 Å². The zero-order chi connectivity index (χ0) is 13.6. The van der Waals surface area contributed by atoms with Crippen molar-refractivity contribution in [1.29, 1.82) is 0 Å². The van der Waals surface area contributed by atoms with E-state index in [1.807, 2.05) is 0 Å². The molecular formula is C12H12ClF4N. The third-order valence-electron chi connectivity index (χ3n) is 3.23. The zero-order valence-corrected chi connectivity index (χ0v) is 10.4. The van der Waals surface area contributed by atoms with Crippen molar-refractivity contribution in [3.05, 3.63) is 34.6 Å². The quantitative estimate of drug-likeness (QED) is 0.818. The summed E-state index contributed by atoms with van der Waals surface area (Å²) < 4.78 is 51.3. The Hall–Kier alpha value is -0.810. The molecule has 1 N–H and O–H groups in total. The SMILES string of the molecule is CC(NC1(C(F)(F)F)CC1)c1ccc(F)c(Cl)c1. The van der Waals surface area contributed by atoms with Gasteiger partial charge in [-0.3, -0.25) is 5.32 Å². The highest BCUT2D eigenvalue weighted by molar-refractivity contribution is 6.30. The molecule has 1 aliphatic rings. The van der Waals surface area contributed by atoms with Crippen LogP contribution in [-0.4, -0.2) is 11.7 Å². The first kappa shape index (κ1) is 13.6. The second-order valence-electron chi connectivity index (χ2n) is 4.62. The molecule has 0 aliphatic heterocycles. The number of benzene rings is 1. The molecule has 0 bridgehead atoms. The normalized spacial score (nSPS) is 19.7. The molecule has 1 fully saturated rings. The summed E-state index contributed by atoms with van der Waals surface area (Å²) in [5.41, 5.74) is -1.25. The van der Waals surface area contributed by atoms with Crippen molar-refractivity contribution in [2.45, 2.75) is 37.5 Å². The number of hydrogen-bond donors (Lipinski definition) is 1. The highest BCUT2D eigenvalue weighted by Crippen LogP contribution is 2.50. The summed E-state index contributed by atoms with van der Waals surface area (Å²) >= 11 is 5.61. The van der Waals surface area contributed by atoms with Crippen LogP contribution in [0.4, 0.5) is 17.6 Å². The fourth-order valence-electron chi connectivity index (χ4n) is 1.91. The highest BCUT2D eigenvalue weighted by Gasteiger charge is 2.63. The van der Waals surface area contributed by atoms with Gasteiger partial charge in [-0.05, 0) is 37.5 Å². The maximum Gasteiger partial charge on any atom is 0.406 e. The van der Waals surface area contributed by atoms with Gasteiger partial charge in [-0.1, -0.05) is 17.7 Å². The summed E-state index contributed by atoms with van der Waals surface area (Å²) in [6.45, 7) is 1.61. The van der Waals surface area contributed by atoms with Gasteiger partial charge in [0.2, 0.25) is 0 Å². The molecule has 0 amide bonds. The number of halogens is 5. The van der Waals surface area contributed by atoms with E-state index in [4.69, 9.17) is 11.6 Å². The molecule has 2 rings (SSSR count).